The standard InChI is InChI=1S/C12H11FN2O/c1-7-5-8(6-11(16)15-7)9-3-2-4-10(14)12(9)13/h2-6H,14H2,1H3,(H,15,16). The fourth-order valence-electron chi connectivity index (χ4n) is 1.61. The normalized spacial score (nSPS) is 10.4. The Bertz CT molecular complexity index is 590. The minimum absolute atomic E-state index is 0.0791. The molecule has 1 heterocycles. The topological polar surface area (TPSA) is 58.9 Å². The first-order valence-electron chi connectivity index (χ1n) is 4.83. The number of nitrogens with two attached hydrogens (primary N) is 1. The van der Waals surface area contributed by atoms with Crippen LogP contribution in [0.2, 0.25) is 0 Å². The quantitative estimate of drug-likeness (QED) is 0.720. The molecule has 0 aliphatic heterocycles. The number of aromatic nitrogens is 1. The summed E-state index contributed by atoms with van der Waals surface area (Å²) in [4.78, 5) is 13.9. The molecule has 3 N–H and O–H groups in total. The van der Waals surface area contributed by atoms with Crippen LogP contribution in [0.25, 0.3) is 11.1 Å². The van der Waals surface area contributed by atoms with E-state index >= 15 is 0 Å². The number of halogens is 1. The summed E-state index contributed by atoms with van der Waals surface area (Å²) < 4.78 is 13.7. The maximum absolute atomic E-state index is 13.7. The highest BCUT2D eigenvalue weighted by molar-refractivity contribution is 5.68. The van der Waals surface area contributed by atoms with Gasteiger partial charge in [0.15, 0.2) is 5.82 Å². The number of pyridine rings is 1. The molecule has 0 bridgehead atoms. The van der Waals surface area contributed by atoms with Gasteiger partial charge in [-0.1, -0.05) is 12.1 Å². The highest BCUT2D eigenvalue weighted by atomic mass is 19.1. The van der Waals surface area contributed by atoms with Gasteiger partial charge in [0.05, 0.1) is 5.69 Å². The van der Waals surface area contributed by atoms with Crippen molar-refractivity contribution in [2.24, 2.45) is 0 Å². The van der Waals surface area contributed by atoms with Gasteiger partial charge in [-0.25, -0.2) is 4.39 Å². The Morgan fingerprint density at radius 3 is 2.75 bits per heavy atom. The molecule has 0 amide bonds. The number of hydrogen-bond acceptors (Lipinski definition) is 2. The Labute approximate surface area is 91.7 Å². The number of H-pyrrole nitrogens is 1. The second kappa shape index (κ2) is 3.81. The molecule has 2 aromatic rings. The van der Waals surface area contributed by atoms with Gasteiger partial charge < -0.3 is 10.7 Å². The van der Waals surface area contributed by atoms with Crippen LogP contribution in [-0.2, 0) is 0 Å². The lowest BCUT2D eigenvalue weighted by Gasteiger charge is -2.05. The van der Waals surface area contributed by atoms with Crippen LogP contribution in [0.1, 0.15) is 5.69 Å². The van der Waals surface area contributed by atoms with Gasteiger partial charge in [-0.15, -0.1) is 0 Å². The van der Waals surface area contributed by atoms with Gasteiger partial charge >= 0.3 is 0 Å². The third kappa shape index (κ3) is 1.82. The third-order valence-corrected chi connectivity index (χ3v) is 2.32. The molecule has 0 aliphatic rings. The summed E-state index contributed by atoms with van der Waals surface area (Å²) >= 11 is 0. The van der Waals surface area contributed by atoms with Gasteiger partial charge in [-0.3, -0.25) is 4.79 Å². The van der Waals surface area contributed by atoms with Crippen LogP contribution in [0, 0.1) is 12.7 Å². The SMILES string of the molecule is Cc1cc(-c2cccc(N)c2F)cc(=O)[nH]1. The van der Waals surface area contributed by atoms with Gasteiger partial charge in [0.1, 0.15) is 0 Å². The largest absolute Gasteiger partial charge is 0.396 e. The van der Waals surface area contributed by atoms with Crippen LogP contribution in [-0.4, -0.2) is 4.98 Å². The molecule has 0 saturated carbocycles. The molecule has 0 atom stereocenters. The number of nitrogens with one attached hydrogen (secondary N) is 1. The fraction of sp³-hybridized carbons (Fsp3) is 0.0833. The summed E-state index contributed by atoms with van der Waals surface area (Å²) in [6, 6.07) is 7.80. The van der Waals surface area contributed by atoms with Gasteiger partial charge in [0.2, 0.25) is 5.56 Å². The van der Waals surface area contributed by atoms with E-state index in [-0.39, 0.29) is 11.2 Å². The lowest BCUT2D eigenvalue weighted by Crippen LogP contribution is -2.06. The number of benzene rings is 1. The Hall–Kier alpha value is -2.10. The second-order valence-corrected chi connectivity index (χ2v) is 3.63. The number of aromatic amines is 1. The summed E-state index contributed by atoms with van der Waals surface area (Å²) in [7, 11) is 0. The van der Waals surface area contributed by atoms with Crippen molar-refractivity contribution in [1.82, 2.24) is 4.98 Å². The van der Waals surface area contributed by atoms with Crippen LogP contribution < -0.4 is 11.3 Å². The minimum atomic E-state index is -0.493. The van der Waals surface area contributed by atoms with Crippen molar-refractivity contribution in [1.29, 1.82) is 0 Å². The third-order valence-electron chi connectivity index (χ3n) is 2.32. The van der Waals surface area contributed by atoms with Crippen LogP contribution >= 0.6 is 0 Å². The number of hydrogen-bond donors (Lipinski definition) is 2. The summed E-state index contributed by atoms with van der Waals surface area (Å²) in [5.74, 6) is -0.493. The fourth-order valence-corrected chi connectivity index (χ4v) is 1.61. The summed E-state index contributed by atoms with van der Waals surface area (Å²) in [5, 5.41) is 0. The van der Waals surface area contributed by atoms with E-state index in [2.05, 4.69) is 4.98 Å². The average Bonchev–Trinajstić information content (AvgIpc) is 2.20. The molecule has 82 valence electrons. The molecular formula is C12H11FN2O. The molecule has 1 aromatic heterocycles. The Balaban J connectivity index is 2.67. The van der Waals surface area contributed by atoms with E-state index < -0.39 is 5.82 Å². The van der Waals surface area contributed by atoms with Crippen molar-refractivity contribution >= 4 is 5.69 Å². The molecule has 0 aliphatic carbocycles. The second-order valence-electron chi connectivity index (χ2n) is 3.63. The Morgan fingerprint density at radius 2 is 2.06 bits per heavy atom. The molecule has 0 unspecified atom stereocenters. The summed E-state index contributed by atoms with van der Waals surface area (Å²) in [5.41, 5.74) is 6.86. The Morgan fingerprint density at radius 1 is 1.31 bits per heavy atom. The van der Waals surface area contributed by atoms with E-state index in [1.165, 1.54) is 12.1 Å². The van der Waals surface area contributed by atoms with Crippen molar-refractivity contribution in [2.45, 2.75) is 6.92 Å². The Kier molecular flexibility index (Phi) is 2.48. The highest BCUT2D eigenvalue weighted by Crippen LogP contribution is 2.25. The number of nitrogen functional groups attached to an aromatic ring is 1. The number of aryl methyl sites for hydroxylation is 1. The predicted molar refractivity (Wildman–Crippen MR) is 61.6 cm³/mol. The number of rotatable bonds is 1. The van der Waals surface area contributed by atoms with Gasteiger partial charge in [0.25, 0.3) is 0 Å². The molecule has 0 saturated heterocycles. The van der Waals surface area contributed by atoms with Gasteiger partial charge in [-0.2, -0.15) is 0 Å². The van der Waals surface area contributed by atoms with Gasteiger partial charge in [0, 0.05) is 17.3 Å². The molecule has 0 spiro atoms. The van der Waals surface area contributed by atoms with Crippen molar-refractivity contribution < 1.29 is 4.39 Å². The molecule has 16 heavy (non-hydrogen) atoms. The van der Waals surface area contributed by atoms with E-state index in [1.54, 1.807) is 25.1 Å². The molecule has 1 aromatic carbocycles. The van der Waals surface area contributed by atoms with E-state index in [9.17, 15) is 9.18 Å². The lowest BCUT2D eigenvalue weighted by atomic mass is 10.0. The number of anilines is 1. The van der Waals surface area contributed by atoms with E-state index in [0.717, 1.165) is 0 Å². The lowest BCUT2D eigenvalue weighted by molar-refractivity contribution is 0.636. The monoisotopic (exact) mass is 218 g/mol. The molecule has 0 radical (unpaired) electrons. The van der Waals surface area contributed by atoms with Crippen LogP contribution in [0.4, 0.5) is 10.1 Å². The molecular weight excluding hydrogens is 207 g/mol. The van der Waals surface area contributed by atoms with E-state index in [1.807, 2.05) is 0 Å². The zero-order chi connectivity index (χ0) is 11.7. The van der Waals surface area contributed by atoms with Crippen LogP contribution in [0.15, 0.2) is 35.1 Å². The zero-order valence-electron chi connectivity index (χ0n) is 8.75. The molecule has 2 rings (SSSR count). The first-order valence-corrected chi connectivity index (χ1v) is 4.83. The maximum atomic E-state index is 13.7. The van der Waals surface area contributed by atoms with Crippen molar-refractivity contribution in [3.8, 4) is 11.1 Å². The maximum Gasteiger partial charge on any atom is 0.248 e. The van der Waals surface area contributed by atoms with Crippen molar-refractivity contribution in [3.63, 3.8) is 0 Å². The minimum Gasteiger partial charge on any atom is -0.396 e. The van der Waals surface area contributed by atoms with E-state index in [4.69, 9.17) is 5.73 Å². The molecule has 0 fully saturated rings. The first kappa shape index (κ1) is 10.4. The summed E-state index contributed by atoms with van der Waals surface area (Å²) in [6.07, 6.45) is 0. The van der Waals surface area contributed by atoms with E-state index in [0.29, 0.717) is 16.8 Å². The van der Waals surface area contributed by atoms with Crippen molar-refractivity contribution in [3.05, 3.63) is 52.2 Å². The molecule has 4 heteroatoms. The smallest absolute Gasteiger partial charge is 0.248 e. The van der Waals surface area contributed by atoms with Gasteiger partial charge in [-0.05, 0) is 24.6 Å². The molecule has 3 nitrogen and oxygen atoms in total. The zero-order valence-corrected chi connectivity index (χ0v) is 8.75. The van der Waals surface area contributed by atoms with Crippen molar-refractivity contribution in [2.75, 3.05) is 5.73 Å². The summed E-state index contributed by atoms with van der Waals surface area (Å²) in [6.45, 7) is 1.75. The first-order chi connectivity index (χ1) is 7.58. The van der Waals surface area contributed by atoms with Crippen LogP contribution in [0.3, 0.4) is 0 Å². The van der Waals surface area contributed by atoms with Crippen LogP contribution in [0.5, 0.6) is 0 Å². The predicted octanol–water partition coefficient (Wildman–Crippen LogP) is 2.07. The average molecular weight is 218 g/mol. The highest BCUT2D eigenvalue weighted by Gasteiger charge is 2.08.